The number of aromatic nitrogens is 1. The third kappa shape index (κ3) is 2.82. The van der Waals surface area contributed by atoms with E-state index < -0.39 is 0 Å². The first-order chi connectivity index (χ1) is 12.5. The number of carbonyl (C=O) groups is 1. The van der Waals surface area contributed by atoms with E-state index in [1.165, 1.54) is 0 Å². The highest BCUT2D eigenvalue weighted by atomic mass is 35.5. The maximum absolute atomic E-state index is 13.1. The lowest BCUT2D eigenvalue weighted by Gasteiger charge is -2.27. The van der Waals surface area contributed by atoms with Crippen molar-refractivity contribution in [2.75, 3.05) is 10.2 Å². The van der Waals surface area contributed by atoms with Gasteiger partial charge in [0.2, 0.25) is 0 Å². The fraction of sp³-hybridized carbons (Fsp3) is 0.143. The zero-order valence-electron chi connectivity index (χ0n) is 14.5. The molecule has 5 heteroatoms. The summed E-state index contributed by atoms with van der Waals surface area (Å²) < 4.78 is 0. The number of pyridine rings is 1. The summed E-state index contributed by atoms with van der Waals surface area (Å²) in [5.74, 6) is 0.548. The lowest BCUT2D eigenvalue weighted by molar-refractivity contribution is 0.0992. The van der Waals surface area contributed by atoms with Gasteiger partial charge in [-0.2, -0.15) is 0 Å². The van der Waals surface area contributed by atoms with Crippen LogP contribution in [0, 0.1) is 13.8 Å². The second-order valence-corrected chi connectivity index (χ2v) is 6.89. The van der Waals surface area contributed by atoms with E-state index in [9.17, 15) is 4.79 Å². The Hall–Kier alpha value is -2.85. The predicted molar refractivity (Wildman–Crippen MR) is 105 cm³/mol. The Bertz CT molecular complexity index is 1000. The van der Waals surface area contributed by atoms with E-state index in [2.05, 4.69) is 10.3 Å². The molecule has 130 valence electrons. The van der Waals surface area contributed by atoms with Crippen molar-refractivity contribution in [3.8, 4) is 0 Å². The molecule has 0 radical (unpaired) electrons. The molecule has 0 bridgehead atoms. The van der Waals surface area contributed by atoms with Gasteiger partial charge >= 0.3 is 0 Å². The molecule has 3 aromatic rings. The van der Waals surface area contributed by atoms with Crippen molar-refractivity contribution < 1.29 is 4.79 Å². The Morgan fingerprint density at radius 2 is 1.81 bits per heavy atom. The highest BCUT2D eigenvalue weighted by Gasteiger charge is 2.38. The van der Waals surface area contributed by atoms with Crippen LogP contribution in [0.3, 0.4) is 0 Å². The van der Waals surface area contributed by atoms with E-state index in [0.717, 1.165) is 22.4 Å². The fourth-order valence-electron chi connectivity index (χ4n) is 3.23. The standard InChI is InChI=1S/C21H18ClN3O/c1-13-7-8-18(17(22)11-13)24-20-15-5-3-4-6-16(15)21(26)25(20)19-12-14(2)9-10-23-19/h3-12,20,24H,1-2H3/t20-/m0/s1. The van der Waals surface area contributed by atoms with E-state index in [0.29, 0.717) is 16.4 Å². The Balaban J connectivity index is 1.81. The highest BCUT2D eigenvalue weighted by molar-refractivity contribution is 6.33. The molecule has 0 spiro atoms. The van der Waals surface area contributed by atoms with Crippen molar-refractivity contribution in [3.05, 3.63) is 88.1 Å². The Labute approximate surface area is 157 Å². The number of halogens is 1. The second-order valence-electron chi connectivity index (χ2n) is 6.48. The smallest absolute Gasteiger partial charge is 0.261 e. The van der Waals surface area contributed by atoms with Gasteiger partial charge in [-0.1, -0.05) is 35.9 Å². The average Bonchev–Trinajstić information content (AvgIpc) is 2.90. The number of benzene rings is 2. The van der Waals surface area contributed by atoms with Crippen LogP contribution in [0.1, 0.15) is 33.2 Å². The van der Waals surface area contributed by atoms with Gasteiger partial charge in [0, 0.05) is 17.3 Å². The molecule has 4 nitrogen and oxygen atoms in total. The quantitative estimate of drug-likeness (QED) is 0.702. The summed E-state index contributed by atoms with van der Waals surface area (Å²) in [6, 6.07) is 17.3. The van der Waals surface area contributed by atoms with Gasteiger partial charge in [-0.05, 0) is 55.3 Å². The Morgan fingerprint density at radius 1 is 1.04 bits per heavy atom. The topological polar surface area (TPSA) is 45.2 Å². The van der Waals surface area contributed by atoms with Crippen LogP contribution in [0.15, 0.2) is 60.8 Å². The molecule has 0 fully saturated rings. The molecular formula is C21H18ClN3O. The molecule has 26 heavy (non-hydrogen) atoms. The number of hydrogen-bond acceptors (Lipinski definition) is 3. The third-order valence-corrected chi connectivity index (χ3v) is 4.84. The molecule has 4 rings (SSSR count). The van der Waals surface area contributed by atoms with Gasteiger partial charge in [0.05, 0.1) is 10.7 Å². The van der Waals surface area contributed by atoms with Crippen molar-refractivity contribution in [1.82, 2.24) is 4.98 Å². The molecule has 0 aliphatic carbocycles. The fourth-order valence-corrected chi connectivity index (χ4v) is 3.52. The minimum absolute atomic E-state index is 0.0700. The highest BCUT2D eigenvalue weighted by Crippen LogP contribution is 2.38. The molecule has 2 aromatic carbocycles. The number of amides is 1. The second kappa shape index (κ2) is 6.46. The Kier molecular flexibility index (Phi) is 4.13. The van der Waals surface area contributed by atoms with Crippen LogP contribution in [-0.2, 0) is 0 Å². The van der Waals surface area contributed by atoms with E-state index in [1.54, 1.807) is 11.1 Å². The number of nitrogens with one attached hydrogen (secondary N) is 1. The molecular weight excluding hydrogens is 346 g/mol. The summed E-state index contributed by atoms with van der Waals surface area (Å²) in [6.45, 7) is 3.98. The van der Waals surface area contributed by atoms with Crippen LogP contribution in [0.2, 0.25) is 5.02 Å². The van der Waals surface area contributed by atoms with Crippen LogP contribution in [-0.4, -0.2) is 10.9 Å². The average molecular weight is 364 g/mol. The minimum Gasteiger partial charge on any atom is -0.360 e. The summed E-state index contributed by atoms with van der Waals surface area (Å²) in [7, 11) is 0. The lowest BCUT2D eigenvalue weighted by atomic mass is 10.1. The number of rotatable bonds is 3. The molecule has 1 N–H and O–H groups in total. The molecule has 1 amide bonds. The maximum Gasteiger partial charge on any atom is 0.261 e. The molecule has 1 aliphatic rings. The summed E-state index contributed by atoms with van der Waals surface area (Å²) in [6.07, 6.45) is 1.35. The van der Waals surface area contributed by atoms with Crippen molar-refractivity contribution in [2.45, 2.75) is 20.0 Å². The van der Waals surface area contributed by atoms with Crippen molar-refractivity contribution >= 4 is 29.0 Å². The number of fused-ring (bicyclic) bond motifs is 1. The van der Waals surface area contributed by atoms with Gasteiger partial charge in [0.1, 0.15) is 12.0 Å². The SMILES string of the molecule is Cc1ccnc(N2C(=O)c3ccccc3[C@H]2Nc2ccc(C)cc2Cl)c1. The van der Waals surface area contributed by atoms with Crippen LogP contribution < -0.4 is 10.2 Å². The summed E-state index contributed by atoms with van der Waals surface area (Å²) >= 11 is 6.41. The van der Waals surface area contributed by atoms with Gasteiger partial charge < -0.3 is 5.32 Å². The third-order valence-electron chi connectivity index (χ3n) is 4.53. The van der Waals surface area contributed by atoms with Crippen molar-refractivity contribution in [1.29, 1.82) is 0 Å². The number of anilines is 2. The number of nitrogens with zero attached hydrogens (tertiary/aromatic N) is 2. The van der Waals surface area contributed by atoms with Gasteiger partial charge in [0.25, 0.3) is 5.91 Å². The molecule has 1 aromatic heterocycles. The zero-order chi connectivity index (χ0) is 18.3. The number of hydrogen-bond donors (Lipinski definition) is 1. The van der Waals surface area contributed by atoms with Crippen molar-refractivity contribution in [2.24, 2.45) is 0 Å². The minimum atomic E-state index is -0.367. The molecule has 0 saturated carbocycles. The van der Waals surface area contributed by atoms with E-state index in [4.69, 9.17) is 11.6 Å². The van der Waals surface area contributed by atoms with Gasteiger partial charge in [-0.3, -0.25) is 9.69 Å². The summed E-state index contributed by atoms with van der Waals surface area (Å²) in [4.78, 5) is 19.2. The van der Waals surface area contributed by atoms with Crippen LogP contribution in [0.25, 0.3) is 0 Å². The van der Waals surface area contributed by atoms with E-state index >= 15 is 0 Å². The first kappa shape index (κ1) is 16.6. The molecule has 0 unspecified atom stereocenters. The first-order valence-corrected chi connectivity index (χ1v) is 8.80. The number of aryl methyl sites for hydroxylation is 2. The monoisotopic (exact) mass is 363 g/mol. The van der Waals surface area contributed by atoms with E-state index in [-0.39, 0.29) is 12.1 Å². The van der Waals surface area contributed by atoms with Gasteiger partial charge in [-0.25, -0.2) is 4.98 Å². The van der Waals surface area contributed by atoms with Crippen LogP contribution >= 0.6 is 11.6 Å². The van der Waals surface area contributed by atoms with E-state index in [1.807, 2.05) is 68.4 Å². The predicted octanol–water partition coefficient (Wildman–Crippen LogP) is 5.12. The molecule has 1 aliphatic heterocycles. The Morgan fingerprint density at radius 3 is 2.58 bits per heavy atom. The van der Waals surface area contributed by atoms with Gasteiger partial charge in [-0.15, -0.1) is 0 Å². The lowest BCUT2D eigenvalue weighted by Crippen LogP contribution is -2.33. The largest absolute Gasteiger partial charge is 0.360 e. The van der Waals surface area contributed by atoms with Crippen molar-refractivity contribution in [3.63, 3.8) is 0 Å². The maximum atomic E-state index is 13.1. The van der Waals surface area contributed by atoms with Gasteiger partial charge in [0.15, 0.2) is 0 Å². The summed E-state index contributed by atoms with van der Waals surface area (Å²) in [5.41, 5.74) is 4.50. The molecule has 1 atom stereocenters. The van der Waals surface area contributed by atoms with Crippen LogP contribution in [0.4, 0.5) is 11.5 Å². The zero-order valence-corrected chi connectivity index (χ0v) is 15.3. The normalized spacial score (nSPS) is 15.9. The first-order valence-electron chi connectivity index (χ1n) is 8.42. The van der Waals surface area contributed by atoms with Crippen LogP contribution in [0.5, 0.6) is 0 Å². The number of carbonyl (C=O) groups excluding carboxylic acids is 1. The molecule has 0 saturated heterocycles. The summed E-state index contributed by atoms with van der Waals surface area (Å²) in [5, 5.41) is 4.05. The molecule has 2 heterocycles.